The number of carbonyl (C=O) groups is 1. The first kappa shape index (κ1) is 12.0. The van der Waals surface area contributed by atoms with Gasteiger partial charge in [-0.3, -0.25) is 14.4 Å². The highest BCUT2D eigenvalue weighted by atomic mass is 16.3. The van der Waals surface area contributed by atoms with Gasteiger partial charge in [-0.15, -0.1) is 0 Å². The molecule has 2 rings (SSSR count). The number of aromatic hydroxyl groups is 1. The minimum absolute atomic E-state index is 0.163. The van der Waals surface area contributed by atoms with E-state index in [0.29, 0.717) is 5.56 Å². The van der Waals surface area contributed by atoms with Crippen LogP contribution in [0.1, 0.15) is 22.8 Å². The fraction of sp³-hybridized carbons (Fsp3) is 0.154. The van der Waals surface area contributed by atoms with E-state index in [0.717, 1.165) is 0 Å². The van der Waals surface area contributed by atoms with Gasteiger partial charge in [0.2, 0.25) is 10.9 Å². The minimum Gasteiger partial charge on any atom is -0.505 e. The van der Waals surface area contributed by atoms with Gasteiger partial charge in [0.1, 0.15) is 5.75 Å². The number of anilines is 2. The zero-order valence-electron chi connectivity index (χ0n) is 9.90. The maximum absolute atomic E-state index is 11.3. The first-order valence-corrected chi connectivity index (χ1v) is 5.33. The summed E-state index contributed by atoms with van der Waals surface area (Å²) in [6, 6.07) is 4.59. The van der Waals surface area contributed by atoms with Crippen LogP contribution in [0.25, 0.3) is 0 Å². The van der Waals surface area contributed by atoms with Crippen LogP contribution in [0.4, 0.5) is 11.4 Å². The molecule has 2 N–H and O–H groups in total. The molecule has 0 bridgehead atoms. The number of carbonyl (C=O) groups excluding carboxylic acids is 1. The van der Waals surface area contributed by atoms with E-state index in [-0.39, 0.29) is 28.5 Å². The SMILES string of the molecule is CC(=O)c1cccc(Nc2c(C)c(=O)c2=O)c1O. The summed E-state index contributed by atoms with van der Waals surface area (Å²) in [5.74, 6) is -0.504. The van der Waals surface area contributed by atoms with Crippen molar-refractivity contribution in [3.63, 3.8) is 0 Å². The fourth-order valence-corrected chi connectivity index (χ4v) is 1.72. The monoisotopic (exact) mass is 245 g/mol. The molecule has 2 aromatic rings. The number of benzene rings is 1. The number of rotatable bonds is 3. The van der Waals surface area contributed by atoms with Crippen molar-refractivity contribution >= 4 is 17.2 Å². The second-order valence-corrected chi connectivity index (χ2v) is 4.04. The maximum atomic E-state index is 11.3. The summed E-state index contributed by atoms with van der Waals surface area (Å²) >= 11 is 0. The van der Waals surface area contributed by atoms with Crippen molar-refractivity contribution in [2.45, 2.75) is 13.8 Å². The van der Waals surface area contributed by atoms with Crippen LogP contribution >= 0.6 is 0 Å². The molecular formula is C13H11NO4. The number of para-hydroxylation sites is 1. The molecule has 0 aliphatic heterocycles. The molecule has 0 fully saturated rings. The molecule has 0 radical (unpaired) electrons. The van der Waals surface area contributed by atoms with Crippen molar-refractivity contribution in [1.29, 1.82) is 0 Å². The number of phenols is 1. The van der Waals surface area contributed by atoms with Crippen LogP contribution < -0.4 is 16.2 Å². The number of phenolic OH excluding ortho intramolecular Hbond substituents is 1. The smallest absolute Gasteiger partial charge is 0.249 e. The van der Waals surface area contributed by atoms with E-state index in [1.165, 1.54) is 26.0 Å². The molecule has 0 saturated heterocycles. The van der Waals surface area contributed by atoms with Gasteiger partial charge in [-0.2, -0.15) is 0 Å². The van der Waals surface area contributed by atoms with Crippen molar-refractivity contribution in [1.82, 2.24) is 0 Å². The highest BCUT2D eigenvalue weighted by Gasteiger charge is 2.19. The average Bonchev–Trinajstić information content (AvgIpc) is 2.35. The van der Waals surface area contributed by atoms with Crippen LogP contribution in [0.5, 0.6) is 5.75 Å². The molecule has 0 aliphatic carbocycles. The molecule has 18 heavy (non-hydrogen) atoms. The first-order chi connectivity index (χ1) is 8.43. The Bertz CT molecular complexity index is 708. The lowest BCUT2D eigenvalue weighted by molar-refractivity contribution is 0.101. The molecule has 92 valence electrons. The molecule has 5 heteroatoms. The Balaban J connectivity index is 2.43. The fourth-order valence-electron chi connectivity index (χ4n) is 1.72. The second kappa shape index (κ2) is 4.10. The number of ketones is 1. The van der Waals surface area contributed by atoms with E-state index in [9.17, 15) is 19.5 Å². The topological polar surface area (TPSA) is 83.5 Å². The lowest BCUT2D eigenvalue weighted by atomic mass is 10.1. The van der Waals surface area contributed by atoms with E-state index in [4.69, 9.17) is 0 Å². The van der Waals surface area contributed by atoms with E-state index in [1.807, 2.05) is 0 Å². The van der Waals surface area contributed by atoms with Crippen LogP contribution in [0.15, 0.2) is 27.8 Å². The highest BCUT2D eigenvalue weighted by Crippen LogP contribution is 2.30. The summed E-state index contributed by atoms with van der Waals surface area (Å²) in [4.78, 5) is 33.6. The second-order valence-electron chi connectivity index (χ2n) is 4.04. The molecular weight excluding hydrogens is 234 g/mol. The van der Waals surface area contributed by atoms with Gasteiger partial charge in [0.25, 0.3) is 0 Å². The van der Waals surface area contributed by atoms with E-state index < -0.39 is 10.9 Å². The number of hydrogen-bond donors (Lipinski definition) is 2. The van der Waals surface area contributed by atoms with Gasteiger partial charge in [-0.1, -0.05) is 6.07 Å². The molecule has 0 amide bonds. The van der Waals surface area contributed by atoms with Crippen molar-refractivity contribution in [3.8, 4) is 5.75 Å². The van der Waals surface area contributed by atoms with Gasteiger partial charge < -0.3 is 10.4 Å². The Labute approximate surface area is 102 Å². The standard InChI is InChI=1S/C13H11NO4/c1-6-10(13(18)11(6)16)14-9-5-3-4-8(7(2)15)12(9)17/h3-5,14,17H,1-2H3. The molecule has 2 aromatic carbocycles. The predicted molar refractivity (Wildman–Crippen MR) is 67.5 cm³/mol. The molecule has 5 nitrogen and oxygen atoms in total. The van der Waals surface area contributed by atoms with Crippen LogP contribution in [-0.4, -0.2) is 10.9 Å². The Kier molecular flexibility index (Phi) is 2.74. The summed E-state index contributed by atoms with van der Waals surface area (Å²) in [6.45, 7) is 2.86. The Morgan fingerprint density at radius 3 is 2.44 bits per heavy atom. The summed E-state index contributed by atoms with van der Waals surface area (Å²) in [7, 11) is 0. The lowest BCUT2D eigenvalue weighted by Gasteiger charge is -2.12. The van der Waals surface area contributed by atoms with Crippen molar-refractivity contribution < 1.29 is 9.90 Å². The van der Waals surface area contributed by atoms with Gasteiger partial charge in [0, 0.05) is 5.56 Å². The van der Waals surface area contributed by atoms with Crippen LogP contribution in [0.2, 0.25) is 0 Å². The van der Waals surface area contributed by atoms with Crippen molar-refractivity contribution in [2.24, 2.45) is 0 Å². The zero-order valence-corrected chi connectivity index (χ0v) is 9.90. The van der Waals surface area contributed by atoms with Crippen LogP contribution in [-0.2, 0) is 0 Å². The molecule has 0 aromatic heterocycles. The molecule has 0 heterocycles. The normalized spacial score (nSPS) is 10.6. The molecule has 0 atom stereocenters. The van der Waals surface area contributed by atoms with E-state index in [2.05, 4.69) is 5.32 Å². The van der Waals surface area contributed by atoms with Crippen LogP contribution in [0, 0.1) is 6.92 Å². The summed E-state index contributed by atoms with van der Waals surface area (Å²) in [6.07, 6.45) is 0. The van der Waals surface area contributed by atoms with Gasteiger partial charge in [0.15, 0.2) is 5.78 Å². The Morgan fingerprint density at radius 1 is 1.22 bits per heavy atom. The highest BCUT2D eigenvalue weighted by molar-refractivity contribution is 5.98. The van der Waals surface area contributed by atoms with Crippen LogP contribution in [0.3, 0.4) is 0 Å². The molecule has 0 unspecified atom stereocenters. The maximum Gasteiger partial charge on any atom is 0.249 e. The van der Waals surface area contributed by atoms with Gasteiger partial charge in [-0.25, -0.2) is 0 Å². The summed E-state index contributed by atoms with van der Waals surface area (Å²) < 4.78 is 0. The quantitative estimate of drug-likeness (QED) is 0.483. The van der Waals surface area contributed by atoms with Gasteiger partial charge in [-0.05, 0) is 26.0 Å². The zero-order chi connectivity index (χ0) is 13.4. The van der Waals surface area contributed by atoms with E-state index in [1.54, 1.807) is 6.07 Å². The minimum atomic E-state index is -0.611. The third kappa shape index (κ3) is 1.69. The van der Waals surface area contributed by atoms with Crippen molar-refractivity contribution in [3.05, 3.63) is 49.8 Å². The first-order valence-electron chi connectivity index (χ1n) is 5.33. The molecule has 0 spiro atoms. The summed E-state index contributed by atoms with van der Waals surface area (Å²) in [5, 5.41) is 12.5. The lowest BCUT2D eigenvalue weighted by Crippen LogP contribution is -2.36. The van der Waals surface area contributed by atoms with Gasteiger partial charge >= 0.3 is 0 Å². The largest absolute Gasteiger partial charge is 0.505 e. The molecule has 0 saturated carbocycles. The summed E-state index contributed by atoms with van der Waals surface area (Å²) in [5.41, 5.74) is -0.252. The van der Waals surface area contributed by atoms with Gasteiger partial charge in [0.05, 0.1) is 16.9 Å². The third-order valence-corrected chi connectivity index (χ3v) is 2.82. The molecule has 0 aliphatic rings. The number of hydrogen-bond acceptors (Lipinski definition) is 5. The predicted octanol–water partition coefficient (Wildman–Crippen LogP) is 1.24. The Morgan fingerprint density at radius 2 is 1.89 bits per heavy atom. The van der Waals surface area contributed by atoms with E-state index >= 15 is 0 Å². The van der Waals surface area contributed by atoms with Crippen molar-refractivity contribution in [2.75, 3.05) is 5.32 Å². The Hall–Kier alpha value is -2.43. The number of Topliss-reactive ketones (excluding diaryl/α,β-unsaturated/α-hetero) is 1. The number of nitrogens with one attached hydrogen (secondary N) is 1. The third-order valence-electron chi connectivity index (χ3n) is 2.82. The average molecular weight is 245 g/mol.